The Morgan fingerprint density at radius 1 is 0.250 bits per heavy atom. The first kappa shape index (κ1) is 66.8. The van der Waals surface area contributed by atoms with E-state index in [1.165, 1.54) is 0 Å². The summed E-state index contributed by atoms with van der Waals surface area (Å²) in [4.78, 5) is 0. The van der Waals surface area contributed by atoms with Crippen molar-refractivity contribution < 1.29 is 168 Å². The molecule has 482 valence electrons. The van der Waals surface area contributed by atoms with Gasteiger partial charge in [0.05, 0.1) is 26.4 Å². The van der Waals surface area contributed by atoms with E-state index in [1.807, 2.05) is 30.3 Å². The van der Waals surface area contributed by atoms with Crippen molar-refractivity contribution in [1.29, 1.82) is 0 Å². The third kappa shape index (κ3) is 13.7. The second-order valence-corrected chi connectivity index (χ2v) is 23.6. The van der Waals surface area contributed by atoms with Crippen LogP contribution in [0, 0.1) is 0 Å². The van der Waals surface area contributed by atoms with E-state index in [4.69, 9.17) is 66.3 Å². The molecule has 35 heteroatoms. The topological polar surface area (TPSA) is 534 Å². The van der Waals surface area contributed by atoms with Gasteiger partial charge in [0.1, 0.15) is 61.0 Å². The second-order valence-electron chi connectivity index (χ2n) is 21.5. The van der Waals surface area contributed by atoms with Crippen LogP contribution in [0.1, 0.15) is 5.56 Å². The Morgan fingerprint density at radius 2 is 0.440 bits per heavy atom. The SMILES string of the molecule is OC[C@H]1O[C@@H]2O[C@H]3[C@H](O)[C@@H](O)[C@@H](O[C@H]4[C@H](O)[C@@H](O)[C@@H](O[C@H]5[C@@H](O)[C@H](O)[C@@H](O[C@H]6[C@@H](O)[C@H](O)[C@@H](O[C@H]7[C@@H](O)[C@H](O)[C@@H](O[C@H]8[C@H](O)[C@@H](O)[C@@H](O[C@H]1[C@H](O)[C@H]2O)O[C@@H]8C[Se]Cc1ccccc1)O[C@@H]7CO)O[C@@H]6CO)O[C@@H]5CO)O[C@@H]4CO)O[C@@H]3CO. The Morgan fingerprint density at radius 3 is 0.643 bits per heavy atom. The third-order valence-corrected chi connectivity index (χ3v) is 18.3. The van der Waals surface area contributed by atoms with Crippen molar-refractivity contribution in [1.82, 2.24) is 0 Å². The van der Waals surface area contributed by atoms with Gasteiger partial charge in [-0.2, -0.15) is 0 Å². The number of ether oxygens (including phenoxy) is 14. The van der Waals surface area contributed by atoms with Gasteiger partial charge in [-0.25, -0.2) is 0 Å². The molecule has 0 saturated carbocycles. The van der Waals surface area contributed by atoms with Gasteiger partial charge >= 0.3 is 294 Å². The minimum absolute atomic E-state index is 0.0523. The van der Waals surface area contributed by atoms with E-state index in [2.05, 4.69) is 0 Å². The second kappa shape index (κ2) is 29.1. The molecular formula is C49H76O34Se. The van der Waals surface area contributed by atoms with Crippen molar-refractivity contribution >= 4 is 15.0 Å². The van der Waals surface area contributed by atoms with Crippen molar-refractivity contribution in [2.75, 3.05) is 39.6 Å². The molecule has 34 nitrogen and oxygen atoms in total. The zero-order chi connectivity index (χ0) is 60.6. The molecule has 22 rings (SSSR count). The summed E-state index contributed by atoms with van der Waals surface area (Å²) in [6, 6.07) is 9.14. The summed E-state index contributed by atoms with van der Waals surface area (Å²) >= 11 is -0.404. The fraction of sp³-hybridized carbons (Fsp3) is 0.878. The summed E-state index contributed by atoms with van der Waals surface area (Å²) in [7, 11) is 0. The van der Waals surface area contributed by atoms with Crippen molar-refractivity contribution in [2.24, 2.45) is 0 Å². The van der Waals surface area contributed by atoms with E-state index in [9.17, 15) is 102 Å². The summed E-state index contributed by atoms with van der Waals surface area (Å²) in [6.45, 7) is -6.15. The fourth-order valence-corrected chi connectivity index (χ4v) is 13.5. The van der Waals surface area contributed by atoms with Crippen LogP contribution in [0.2, 0.25) is 5.32 Å². The van der Waals surface area contributed by atoms with Crippen LogP contribution >= 0.6 is 0 Å². The van der Waals surface area contributed by atoms with Crippen molar-refractivity contribution in [3.63, 3.8) is 0 Å². The first-order valence-electron chi connectivity index (χ1n) is 27.1. The van der Waals surface area contributed by atoms with Crippen LogP contribution < -0.4 is 0 Å². The van der Waals surface area contributed by atoms with Gasteiger partial charge in [0.2, 0.25) is 0 Å². The fourth-order valence-electron chi connectivity index (χ4n) is 11.3. The van der Waals surface area contributed by atoms with Crippen LogP contribution in [0.3, 0.4) is 0 Å². The van der Waals surface area contributed by atoms with Gasteiger partial charge in [0, 0.05) is 0 Å². The maximum absolute atomic E-state index is 11.8. The van der Waals surface area contributed by atoms with Crippen molar-refractivity contribution in [3.05, 3.63) is 35.9 Å². The molecule has 21 fully saturated rings. The summed E-state index contributed by atoms with van der Waals surface area (Å²) in [5.74, 6) is 0. The predicted octanol–water partition coefficient (Wildman–Crippen LogP) is -12.9. The van der Waals surface area contributed by atoms with E-state index in [1.54, 1.807) is 0 Å². The molecule has 20 N–H and O–H groups in total. The van der Waals surface area contributed by atoms with E-state index >= 15 is 0 Å². The zero-order valence-electron chi connectivity index (χ0n) is 44.3. The van der Waals surface area contributed by atoms with Gasteiger partial charge in [-0.05, 0) is 0 Å². The van der Waals surface area contributed by atoms with Crippen LogP contribution in [-0.2, 0) is 71.6 Å². The molecule has 35 atom stereocenters. The molecule has 0 unspecified atom stereocenters. The van der Waals surface area contributed by atoms with Crippen LogP contribution in [-0.4, -0.2) is 372 Å². The molecular weight excluding hydrogens is 1210 g/mol. The van der Waals surface area contributed by atoms with Crippen LogP contribution in [0.15, 0.2) is 30.3 Å². The first-order valence-corrected chi connectivity index (χ1v) is 29.6. The Balaban J connectivity index is 1.01. The van der Waals surface area contributed by atoms with Gasteiger partial charge in [0.25, 0.3) is 0 Å². The van der Waals surface area contributed by atoms with E-state index in [0.717, 1.165) is 5.56 Å². The molecule has 21 aliphatic heterocycles. The molecule has 1 aromatic carbocycles. The third-order valence-electron chi connectivity index (χ3n) is 16.0. The Kier molecular flexibility index (Phi) is 23.2. The minimum atomic E-state index is -2.20. The molecule has 21 saturated heterocycles. The molecule has 21 aliphatic rings. The van der Waals surface area contributed by atoms with Crippen LogP contribution in [0.25, 0.3) is 0 Å². The van der Waals surface area contributed by atoms with E-state index < -0.39 is 270 Å². The number of rotatable bonds is 10. The van der Waals surface area contributed by atoms with Gasteiger partial charge in [0.15, 0.2) is 18.9 Å². The zero-order valence-corrected chi connectivity index (χ0v) is 46.0. The first-order chi connectivity index (χ1) is 40.2. The quantitative estimate of drug-likeness (QED) is 0.0967. The average molecular weight is 1290 g/mol. The van der Waals surface area contributed by atoms with E-state index in [0.29, 0.717) is 5.32 Å². The molecule has 1 aromatic rings. The molecule has 0 aliphatic carbocycles. The molecule has 84 heavy (non-hydrogen) atoms. The summed E-state index contributed by atoms with van der Waals surface area (Å²) in [6.07, 6.45) is -68.5. The smallest absolute Gasteiger partial charge is 0.394 e. The summed E-state index contributed by atoms with van der Waals surface area (Å²) in [5.41, 5.74) is 0.906. The number of hydrogen-bond acceptors (Lipinski definition) is 34. The Hall–Kier alpha value is -1.62. The molecule has 0 aromatic heterocycles. The molecule has 0 amide bonds. The van der Waals surface area contributed by atoms with Gasteiger partial charge < -0.3 is 84.6 Å². The Labute approximate surface area is 483 Å². The van der Waals surface area contributed by atoms with Crippen LogP contribution in [0.4, 0.5) is 0 Å². The molecule has 14 bridgehead atoms. The van der Waals surface area contributed by atoms with Crippen molar-refractivity contribution in [3.8, 4) is 0 Å². The van der Waals surface area contributed by atoms with E-state index in [-0.39, 0.29) is 5.32 Å². The van der Waals surface area contributed by atoms with Gasteiger partial charge in [-0.15, -0.1) is 0 Å². The maximum atomic E-state index is 11.8. The molecule has 0 radical (unpaired) electrons. The number of benzene rings is 1. The van der Waals surface area contributed by atoms with Gasteiger partial charge in [-0.3, -0.25) is 0 Å². The van der Waals surface area contributed by atoms with Gasteiger partial charge in [-0.1, -0.05) is 0 Å². The Bertz CT molecular complexity index is 2150. The average Bonchev–Trinajstić information content (AvgIpc) is 2.17. The summed E-state index contributed by atoms with van der Waals surface area (Å²) in [5, 5.41) is 224. The van der Waals surface area contributed by atoms with Crippen molar-refractivity contribution in [2.45, 2.75) is 226 Å². The minimum Gasteiger partial charge on any atom is -0.394 e. The summed E-state index contributed by atoms with van der Waals surface area (Å²) < 4.78 is 81.6. The predicted molar refractivity (Wildman–Crippen MR) is 262 cm³/mol. The monoisotopic (exact) mass is 1290 g/mol. The molecule has 0 spiro atoms. The van der Waals surface area contributed by atoms with Crippen LogP contribution in [0.5, 0.6) is 0 Å². The number of aliphatic hydroxyl groups excluding tert-OH is 20. The normalized spacial score (nSPS) is 51.7. The number of hydrogen-bond donors (Lipinski definition) is 20. The number of aliphatic hydroxyl groups is 20. The molecule has 21 heterocycles. The standard InChI is InChI=1S/C49H76O34Se/c50-6-15-36-23(57)30(64)44(71-15)79-38-17(8-52)73-46(32(66)25(38)59)81-40-19(10-54)75-48(34(68)27(40)61)83-42-21(13-84-12-14-4-2-1-3-5-14)76-49(35(69)28(42)62)82-41-20(11-55)74-47(33(67)26(41)60)80-39-18(9-53)72-45(31(65)24(39)58)78-37-16(7-51)70-43(77-36)29(63)22(37)56/h1-5,15-69H,6-13H2/t15-,16-,17-,18-,19-,20-,21-,22-,23+,24-,25+,26-,27+,28-,29-,30+,31-,32+,33-,34+,35-,36-,37-,38-,39-,40-,41-,42-,43-,44-,45-,46-,47-,48-,49-/m1/s1.